The molecule has 1 rings (SSSR count). The number of ether oxygens (including phenoxy) is 3. The summed E-state index contributed by atoms with van der Waals surface area (Å²) in [6, 6.07) is 3.67. The first kappa shape index (κ1) is 19.7. The molecule has 8 heteroatoms. The summed E-state index contributed by atoms with van der Waals surface area (Å²) in [5.74, 6) is -0.875. The van der Waals surface area contributed by atoms with E-state index in [-0.39, 0.29) is 31.3 Å². The number of rotatable bonds is 9. The number of urea groups is 1. The Labute approximate surface area is 140 Å². The van der Waals surface area contributed by atoms with Crippen molar-refractivity contribution in [2.24, 2.45) is 0 Å². The van der Waals surface area contributed by atoms with E-state index < -0.39 is 11.8 Å². The minimum atomic E-state index is -0.585. The summed E-state index contributed by atoms with van der Waals surface area (Å²) in [6.45, 7) is 2.79. The highest BCUT2D eigenvalue weighted by atomic mass is 19.1. The molecular formula is C16H23FN2O5. The summed E-state index contributed by atoms with van der Waals surface area (Å²) in [7, 11) is 3.06. The second kappa shape index (κ2) is 10.4. The number of esters is 1. The topological polar surface area (TPSA) is 77.1 Å². The minimum Gasteiger partial charge on any atom is -0.488 e. The van der Waals surface area contributed by atoms with Gasteiger partial charge in [-0.05, 0) is 19.1 Å². The van der Waals surface area contributed by atoms with Crippen LogP contribution in [0.2, 0.25) is 0 Å². The van der Waals surface area contributed by atoms with Crippen LogP contribution in [0.25, 0.3) is 0 Å². The fourth-order valence-electron chi connectivity index (χ4n) is 1.74. The summed E-state index contributed by atoms with van der Waals surface area (Å²) >= 11 is 0. The number of methoxy groups -OCH3 is 1. The van der Waals surface area contributed by atoms with E-state index >= 15 is 0 Å². The number of benzene rings is 1. The zero-order valence-electron chi connectivity index (χ0n) is 14.1. The average molecular weight is 342 g/mol. The number of carbonyl (C=O) groups excluding carboxylic acids is 2. The van der Waals surface area contributed by atoms with Crippen LogP contribution in [0, 0.1) is 5.82 Å². The van der Waals surface area contributed by atoms with Crippen LogP contribution in [-0.4, -0.2) is 57.4 Å². The maximum absolute atomic E-state index is 13.9. The molecule has 0 aliphatic heterocycles. The standard InChI is InChI=1S/C16H23FN2O5/c1-4-23-15(20)7-8-19(2)16(21)18-12-5-6-14(13(17)11-12)24-10-9-22-3/h5-6,11H,4,7-10H2,1-3H3,(H,18,21). The van der Waals surface area contributed by atoms with Gasteiger partial charge in [0.1, 0.15) is 6.61 Å². The predicted octanol–water partition coefficient (Wildman–Crippen LogP) is 2.27. The Balaban J connectivity index is 2.51. The fraction of sp³-hybridized carbons (Fsp3) is 0.500. The Hall–Kier alpha value is -2.35. The molecule has 0 unspecified atom stereocenters. The van der Waals surface area contributed by atoms with Crippen LogP contribution in [0.1, 0.15) is 13.3 Å². The average Bonchev–Trinajstić information content (AvgIpc) is 2.55. The lowest BCUT2D eigenvalue weighted by Crippen LogP contribution is -2.33. The van der Waals surface area contributed by atoms with Crippen molar-refractivity contribution >= 4 is 17.7 Å². The van der Waals surface area contributed by atoms with Gasteiger partial charge in [0.05, 0.1) is 19.6 Å². The molecule has 0 bridgehead atoms. The van der Waals surface area contributed by atoms with Gasteiger partial charge in [-0.3, -0.25) is 4.79 Å². The Kier molecular flexibility index (Phi) is 8.56. The summed E-state index contributed by atoms with van der Waals surface area (Å²) in [5.41, 5.74) is 0.291. The van der Waals surface area contributed by atoms with E-state index in [0.29, 0.717) is 18.9 Å². The van der Waals surface area contributed by atoms with Gasteiger partial charge in [0.2, 0.25) is 0 Å². The molecule has 0 fully saturated rings. The third-order valence-electron chi connectivity index (χ3n) is 3.03. The van der Waals surface area contributed by atoms with Gasteiger partial charge in [-0.25, -0.2) is 9.18 Å². The number of nitrogens with zero attached hydrogens (tertiary/aromatic N) is 1. The van der Waals surface area contributed by atoms with Gasteiger partial charge in [0.25, 0.3) is 0 Å². The number of hydrogen-bond acceptors (Lipinski definition) is 5. The second-order valence-corrected chi connectivity index (χ2v) is 4.89. The third-order valence-corrected chi connectivity index (χ3v) is 3.03. The first-order valence-corrected chi connectivity index (χ1v) is 7.57. The van der Waals surface area contributed by atoms with Crippen molar-refractivity contribution < 1.29 is 28.2 Å². The Bertz CT molecular complexity index is 553. The van der Waals surface area contributed by atoms with Gasteiger partial charge in [0, 0.05) is 32.5 Å². The van der Waals surface area contributed by atoms with Gasteiger partial charge in [0.15, 0.2) is 11.6 Å². The molecule has 1 aromatic carbocycles. The van der Waals surface area contributed by atoms with Crippen LogP contribution in [0.3, 0.4) is 0 Å². The zero-order valence-corrected chi connectivity index (χ0v) is 14.1. The smallest absolute Gasteiger partial charge is 0.321 e. The summed E-state index contributed by atoms with van der Waals surface area (Å²) in [5, 5.41) is 2.55. The number of carbonyl (C=O) groups is 2. The molecule has 0 atom stereocenters. The Morgan fingerprint density at radius 3 is 2.67 bits per heavy atom. The highest BCUT2D eigenvalue weighted by Crippen LogP contribution is 2.21. The molecule has 1 N–H and O–H groups in total. The van der Waals surface area contributed by atoms with Gasteiger partial charge >= 0.3 is 12.0 Å². The van der Waals surface area contributed by atoms with Crippen molar-refractivity contribution in [2.45, 2.75) is 13.3 Å². The van der Waals surface area contributed by atoms with Crippen molar-refractivity contribution in [1.82, 2.24) is 4.90 Å². The molecule has 0 aliphatic carbocycles. The Morgan fingerprint density at radius 2 is 2.04 bits per heavy atom. The molecule has 0 radical (unpaired) electrons. The van der Waals surface area contributed by atoms with Crippen LogP contribution >= 0.6 is 0 Å². The van der Waals surface area contributed by atoms with E-state index in [1.54, 1.807) is 6.92 Å². The number of amides is 2. The predicted molar refractivity (Wildman–Crippen MR) is 86.7 cm³/mol. The number of hydrogen-bond donors (Lipinski definition) is 1. The van der Waals surface area contributed by atoms with Crippen molar-refractivity contribution in [1.29, 1.82) is 0 Å². The first-order chi connectivity index (χ1) is 11.5. The van der Waals surface area contributed by atoms with Gasteiger partial charge in [-0.2, -0.15) is 0 Å². The molecule has 7 nitrogen and oxygen atoms in total. The van der Waals surface area contributed by atoms with Crippen LogP contribution in [0.15, 0.2) is 18.2 Å². The number of nitrogens with one attached hydrogen (secondary N) is 1. The van der Waals surface area contributed by atoms with Crippen molar-refractivity contribution in [3.05, 3.63) is 24.0 Å². The maximum atomic E-state index is 13.9. The molecule has 0 saturated carbocycles. The lowest BCUT2D eigenvalue weighted by atomic mass is 10.3. The second-order valence-electron chi connectivity index (χ2n) is 4.89. The molecule has 0 heterocycles. The monoisotopic (exact) mass is 342 g/mol. The quantitative estimate of drug-likeness (QED) is 0.550. The van der Waals surface area contributed by atoms with Gasteiger partial charge in [-0.1, -0.05) is 0 Å². The first-order valence-electron chi connectivity index (χ1n) is 7.57. The minimum absolute atomic E-state index is 0.0840. The maximum Gasteiger partial charge on any atom is 0.321 e. The largest absolute Gasteiger partial charge is 0.488 e. The summed E-state index contributed by atoms with van der Waals surface area (Å²) in [4.78, 5) is 24.6. The summed E-state index contributed by atoms with van der Waals surface area (Å²) < 4.78 is 28.7. The number of anilines is 1. The molecule has 2 amide bonds. The van der Waals surface area contributed by atoms with E-state index in [9.17, 15) is 14.0 Å². The highest BCUT2D eigenvalue weighted by Gasteiger charge is 2.13. The van der Waals surface area contributed by atoms with Crippen molar-refractivity contribution in [2.75, 3.05) is 45.8 Å². The van der Waals surface area contributed by atoms with Crippen LogP contribution in [0.5, 0.6) is 5.75 Å². The molecule has 0 saturated heterocycles. The van der Waals surface area contributed by atoms with E-state index in [1.165, 1.54) is 37.3 Å². The molecule has 1 aromatic rings. The van der Waals surface area contributed by atoms with E-state index in [0.717, 1.165) is 0 Å². The van der Waals surface area contributed by atoms with Crippen LogP contribution in [0.4, 0.5) is 14.9 Å². The molecule has 0 aromatic heterocycles. The van der Waals surface area contributed by atoms with Gasteiger partial charge < -0.3 is 24.4 Å². The molecular weight excluding hydrogens is 319 g/mol. The van der Waals surface area contributed by atoms with E-state index in [1.807, 2.05) is 0 Å². The van der Waals surface area contributed by atoms with Crippen LogP contribution < -0.4 is 10.1 Å². The summed E-state index contributed by atoms with van der Waals surface area (Å²) in [6.07, 6.45) is 0.0956. The van der Waals surface area contributed by atoms with Crippen molar-refractivity contribution in [3.63, 3.8) is 0 Å². The number of halogens is 1. The molecule has 24 heavy (non-hydrogen) atoms. The van der Waals surface area contributed by atoms with E-state index in [4.69, 9.17) is 14.2 Å². The normalized spacial score (nSPS) is 10.2. The zero-order chi connectivity index (χ0) is 17.9. The highest BCUT2D eigenvalue weighted by molar-refractivity contribution is 5.89. The van der Waals surface area contributed by atoms with Gasteiger partial charge in [-0.15, -0.1) is 0 Å². The Morgan fingerprint density at radius 1 is 1.29 bits per heavy atom. The third kappa shape index (κ3) is 6.82. The van der Waals surface area contributed by atoms with Crippen LogP contribution in [-0.2, 0) is 14.3 Å². The lowest BCUT2D eigenvalue weighted by Gasteiger charge is -2.17. The molecule has 0 aliphatic rings. The van der Waals surface area contributed by atoms with E-state index in [2.05, 4.69) is 5.32 Å². The molecule has 134 valence electrons. The lowest BCUT2D eigenvalue weighted by molar-refractivity contribution is -0.143. The fourth-order valence-corrected chi connectivity index (χ4v) is 1.74. The van der Waals surface area contributed by atoms with Crippen molar-refractivity contribution in [3.8, 4) is 5.75 Å². The molecule has 0 spiro atoms. The SMILES string of the molecule is CCOC(=O)CCN(C)C(=O)Nc1ccc(OCCOC)c(F)c1.